The van der Waals surface area contributed by atoms with E-state index >= 15 is 0 Å². The van der Waals surface area contributed by atoms with Crippen molar-refractivity contribution in [2.45, 2.75) is 36.8 Å². The lowest BCUT2D eigenvalue weighted by molar-refractivity contribution is -0.0855. The van der Waals surface area contributed by atoms with Gasteiger partial charge in [0, 0.05) is 32.2 Å². The predicted octanol–water partition coefficient (Wildman–Crippen LogP) is 1.74. The fourth-order valence-corrected chi connectivity index (χ4v) is 5.13. The van der Waals surface area contributed by atoms with Gasteiger partial charge < -0.3 is 10.1 Å². The molecule has 3 rings (SSSR count). The van der Waals surface area contributed by atoms with Crippen LogP contribution in [0.5, 0.6) is 0 Å². The molecule has 2 aliphatic rings. The van der Waals surface area contributed by atoms with Crippen LogP contribution in [0.2, 0.25) is 0 Å². The summed E-state index contributed by atoms with van der Waals surface area (Å²) in [4.78, 5) is 2.60. The van der Waals surface area contributed by atoms with Crippen LogP contribution in [0.1, 0.15) is 31.9 Å². The third kappa shape index (κ3) is 3.96. The summed E-state index contributed by atoms with van der Waals surface area (Å²) in [6.07, 6.45) is 0.480. The van der Waals surface area contributed by atoms with E-state index in [1.165, 1.54) is 18.2 Å². The number of hydrogen-bond acceptors (Lipinski definition) is 5. The third-order valence-corrected chi connectivity index (χ3v) is 6.50. The molecule has 0 aromatic heterocycles. The molecule has 0 amide bonds. The van der Waals surface area contributed by atoms with E-state index in [0.717, 1.165) is 32.8 Å². The molecule has 0 saturated carbocycles. The second-order valence-electron chi connectivity index (χ2n) is 7.18. The molecule has 0 aliphatic carbocycles. The minimum Gasteiger partial charge on any atom is -0.373 e. The van der Waals surface area contributed by atoms with Crippen LogP contribution in [0.3, 0.4) is 0 Å². The van der Waals surface area contributed by atoms with Crippen LogP contribution in [-0.2, 0) is 14.6 Å². The lowest BCUT2D eigenvalue weighted by Gasteiger charge is -2.38. The van der Waals surface area contributed by atoms with Gasteiger partial charge in [-0.3, -0.25) is 4.90 Å². The molecule has 0 bridgehead atoms. The van der Waals surface area contributed by atoms with Gasteiger partial charge in [0.15, 0.2) is 9.84 Å². The number of fused-ring (bicyclic) bond motifs is 1. The summed E-state index contributed by atoms with van der Waals surface area (Å²) in [5.41, 5.74) is 0.427. The zero-order valence-corrected chi connectivity index (χ0v) is 15.0. The van der Waals surface area contributed by atoms with Crippen LogP contribution in [0.4, 0.5) is 4.39 Å². The number of sulfone groups is 1. The lowest BCUT2D eigenvalue weighted by atomic mass is 10.0. The minimum atomic E-state index is -3.29. The molecule has 7 heteroatoms. The number of halogens is 1. The highest BCUT2D eigenvalue weighted by Gasteiger charge is 2.31. The van der Waals surface area contributed by atoms with Gasteiger partial charge in [-0.05, 0) is 44.0 Å². The number of nitrogens with one attached hydrogen (secondary N) is 1. The van der Waals surface area contributed by atoms with E-state index in [4.69, 9.17) is 4.74 Å². The van der Waals surface area contributed by atoms with Crippen molar-refractivity contribution in [3.05, 3.63) is 29.6 Å². The van der Waals surface area contributed by atoms with Crippen molar-refractivity contribution >= 4 is 9.84 Å². The monoisotopic (exact) mass is 356 g/mol. The molecule has 134 valence electrons. The van der Waals surface area contributed by atoms with Gasteiger partial charge in [-0.2, -0.15) is 0 Å². The van der Waals surface area contributed by atoms with Crippen molar-refractivity contribution in [1.29, 1.82) is 0 Å². The predicted molar refractivity (Wildman–Crippen MR) is 90.3 cm³/mol. The van der Waals surface area contributed by atoms with E-state index in [9.17, 15) is 12.8 Å². The molecule has 1 unspecified atom stereocenters. The normalized spacial score (nSPS) is 26.0. The molecule has 1 aromatic rings. The van der Waals surface area contributed by atoms with E-state index in [0.29, 0.717) is 12.0 Å². The van der Waals surface area contributed by atoms with Gasteiger partial charge >= 0.3 is 0 Å². The number of hydrogen-bond donors (Lipinski definition) is 1. The second-order valence-corrected chi connectivity index (χ2v) is 9.26. The van der Waals surface area contributed by atoms with Crippen LogP contribution in [0.25, 0.3) is 0 Å². The average Bonchev–Trinajstić information content (AvgIpc) is 2.48. The maximum atomic E-state index is 13.6. The maximum Gasteiger partial charge on any atom is 0.178 e. The average molecular weight is 356 g/mol. The van der Waals surface area contributed by atoms with Crippen molar-refractivity contribution in [2.75, 3.05) is 38.5 Å². The molecular formula is C17H25FN2O3S. The number of morpholine rings is 1. The van der Waals surface area contributed by atoms with Crippen molar-refractivity contribution < 1.29 is 17.5 Å². The fraction of sp³-hybridized carbons (Fsp3) is 0.647. The summed E-state index contributed by atoms with van der Waals surface area (Å²) in [6.45, 7) is 8.25. The van der Waals surface area contributed by atoms with E-state index in [-0.39, 0.29) is 22.3 Å². The fourth-order valence-electron chi connectivity index (χ4n) is 3.53. The van der Waals surface area contributed by atoms with Gasteiger partial charge in [-0.1, -0.05) is 0 Å². The topological polar surface area (TPSA) is 58.6 Å². The summed E-state index contributed by atoms with van der Waals surface area (Å²) in [6, 6.07) is 3.84. The molecule has 2 heterocycles. The van der Waals surface area contributed by atoms with Crippen LogP contribution in [0, 0.1) is 5.82 Å². The van der Waals surface area contributed by atoms with Crippen molar-refractivity contribution in [3.8, 4) is 0 Å². The van der Waals surface area contributed by atoms with Crippen LogP contribution >= 0.6 is 0 Å². The summed E-state index contributed by atoms with van der Waals surface area (Å²) < 4.78 is 43.6. The first-order chi connectivity index (χ1) is 11.3. The summed E-state index contributed by atoms with van der Waals surface area (Å²) >= 11 is 0. The Balaban J connectivity index is 1.63. The first-order valence-corrected chi connectivity index (χ1v) is 10.0. The number of nitrogens with zero attached hydrogens (tertiary/aromatic N) is 1. The molecule has 0 spiro atoms. The molecule has 1 atom stereocenters. The van der Waals surface area contributed by atoms with E-state index in [2.05, 4.69) is 24.1 Å². The van der Waals surface area contributed by atoms with Crippen molar-refractivity contribution in [3.63, 3.8) is 0 Å². The summed E-state index contributed by atoms with van der Waals surface area (Å²) in [5, 5.41) is 3.40. The SMILES string of the molecule is CC1(C)CN(CCNC2CCS(=O)(=O)c3ccc(F)cc32)CCO1. The lowest BCUT2D eigenvalue weighted by Crippen LogP contribution is -2.50. The van der Waals surface area contributed by atoms with Gasteiger partial charge in [0.1, 0.15) is 5.82 Å². The Bertz CT molecular complexity index is 706. The van der Waals surface area contributed by atoms with Crippen LogP contribution < -0.4 is 5.32 Å². The number of ether oxygens (including phenoxy) is 1. The second kappa shape index (κ2) is 6.71. The Hall–Kier alpha value is -1.02. The standard InChI is InChI=1S/C17H25FN2O3S/c1-17(2)12-20(8-9-23-17)7-6-19-15-5-10-24(21,22)16-4-3-13(18)11-14(15)16/h3-4,11,15,19H,5-10,12H2,1-2H3. The van der Waals surface area contributed by atoms with E-state index < -0.39 is 15.7 Å². The summed E-state index contributed by atoms with van der Waals surface area (Å²) in [5.74, 6) is -0.291. The Morgan fingerprint density at radius 2 is 2.21 bits per heavy atom. The Labute approximate surface area is 143 Å². The maximum absolute atomic E-state index is 13.6. The summed E-state index contributed by atoms with van der Waals surface area (Å²) in [7, 11) is -3.29. The van der Waals surface area contributed by atoms with Gasteiger partial charge in [0.25, 0.3) is 0 Å². The zero-order valence-electron chi connectivity index (χ0n) is 14.2. The van der Waals surface area contributed by atoms with Gasteiger partial charge in [-0.15, -0.1) is 0 Å². The first kappa shape index (κ1) is 17.8. The van der Waals surface area contributed by atoms with Gasteiger partial charge in [0.2, 0.25) is 0 Å². The highest BCUT2D eigenvalue weighted by molar-refractivity contribution is 7.91. The Morgan fingerprint density at radius 1 is 1.42 bits per heavy atom. The molecule has 0 radical (unpaired) electrons. The van der Waals surface area contributed by atoms with E-state index in [1.54, 1.807) is 0 Å². The zero-order chi connectivity index (χ0) is 17.4. The van der Waals surface area contributed by atoms with Crippen LogP contribution in [-0.4, -0.2) is 57.5 Å². The highest BCUT2D eigenvalue weighted by Crippen LogP contribution is 2.32. The molecule has 1 fully saturated rings. The van der Waals surface area contributed by atoms with Crippen molar-refractivity contribution in [1.82, 2.24) is 10.2 Å². The molecule has 5 nitrogen and oxygen atoms in total. The number of benzene rings is 1. The smallest absolute Gasteiger partial charge is 0.178 e. The van der Waals surface area contributed by atoms with Gasteiger partial charge in [0.05, 0.1) is 22.9 Å². The molecular weight excluding hydrogens is 331 g/mol. The Morgan fingerprint density at radius 3 is 2.96 bits per heavy atom. The number of rotatable bonds is 4. The highest BCUT2D eigenvalue weighted by atomic mass is 32.2. The molecule has 1 aromatic carbocycles. The van der Waals surface area contributed by atoms with Crippen molar-refractivity contribution in [2.24, 2.45) is 0 Å². The first-order valence-electron chi connectivity index (χ1n) is 8.39. The van der Waals surface area contributed by atoms with E-state index in [1.807, 2.05) is 0 Å². The van der Waals surface area contributed by atoms with Crippen LogP contribution in [0.15, 0.2) is 23.1 Å². The third-order valence-electron chi connectivity index (χ3n) is 4.68. The Kier molecular flexibility index (Phi) is 4.97. The quantitative estimate of drug-likeness (QED) is 0.833. The molecule has 1 saturated heterocycles. The largest absolute Gasteiger partial charge is 0.373 e. The molecule has 24 heavy (non-hydrogen) atoms. The minimum absolute atomic E-state index is 0.105. The molecule has 2 aliphatic heterocycles. The van der Waals surface area contributed by atoms with Gasteiger partial charge in [-0.25, -0.2) is 12.8 Å². The molecule has 1 N–H and O–H groups in total.